The average molecular weight is 247 g/mol. The summed E-state index contributed by atoms with van der Waals surface area (Å²) in [6.07, 6.45) is 2.22. The molecule has 18 heavy (non-hydrogen) atoms. The number of rotatable bonds is 5. The predicted molar refractivity (Wildman–Crippen MR) is 69.4 cm³/mol. The van der Waals surface area contributed by atoms with Gasteiger partial charge in [-0.3, -0.25) is 0 Å². The third-order valence-electron chi connectivity index (χ3n) is 3.70. The fourth-order valence-electron chi connectivity index (χ4n) is 2.23. The third kappa shape index (κ3) is 2.19. The van der Waals surface area contributed by atoms with Crippen LogP contribution in [0.15, 0.2) is 23.0 Å². The van der Waals surface area contributed by atoms with E-state index in [9.17, 15) is 9.90 Å². The fraction of sp³-hybridized carbons (Fsp3) is 0.462. The van der Waals surface area contributed by atoms with Gasteiger partial charge < -0.3 is 20.4 Å². The number of aromatic nitrogens is 2. The SMILES string of the molecule is O=c1[nH]c2ccc(CNCC3(CO)CC3)cc2[nH]1. The summed E-state index contributed by atoms with van der Waals surface area (Å²) in [6.45, 7) is 1.88. The topological polar surface area (TPSA) is 80.9 Å². The van der Waals surface area contributed by atoms with Gasteiger partial charge in [-0.2, -0.15) is 0 Å². The molecule has 5 nitrogen and oxygen atoms in total. The Morgan fingerprint density at radius 2 is 2.06 bits per heavy atom. The van der Waals surface area contributed by atoms with Crippen LogP contribution in [-0.2, 0) is 6.54 Å². The number of nitrogens with one attached hydrogen (secondary N) is 3. The van der Waals surface area contributed by atoms with Gasteiger partial charge in [0.15, 0.2) is 0 Å². The van der Waals surface area contributed by atoms with E-state index < -0.39 is 0 Å². The minimum atomic E-state index is -0.174. The van der Waals surface area contributed by atoms with Crippen LogP contribution in [0.5, 0.6) is 0 Å². The molecule has 3 rings (SSSR count). The zero-order chi connectivity index (χ0) is 12.6. The van der Waals surface area contributed by atoms with E-state index in [1.165, 1.54) is 0 Å². The van der Waals surface area contributed by atoms with Crippen LogP contribution < -0.4 is 11.0 Å². The maximum absolute atomic E-state index is 11.1. The molecule has 5 heteroatoms. The molecule has 4 N–H and O–H groups in total. The van der Waals surface area contributed by atoms with E-state index in [1.807, 2.05) is 18.2 Å². The summed E-state index contributed by atoms with van der Waals surface area (Å²) in [5.74, 6) is 0. The first-order chi connectivity index (χ1) is 8.71. The number of hydrogen-bond acceptors (Lipinski definition) is 3. The number of benzene rings is 1. The van der Waals surface area contributed by atoms with Gasteiger partial charge in [-0.15, -0.1) is 0 Å². The first-order valence-electron chi connectivity index (χ1n) is 6.23. The molecule has 0 saturated heterocycles. The Bertz CT molecular complexity index is 610. The third-order valence-corrected chi connectivity index (χ3v) is 3.70. The van der Waals surface area contributed by atoms with E-state index in [0.717, 1.165) is 42.5 Å². The van der Waals surface area contributed by atoms with Gasteiger partial charge in [-0.05, 0) is 30.5 Å². The second kappa shape index (κ2) is 4.26. The molecular formula is C13H17N3O2. The molecule has 0 aliphatic heterocycles. The summed E-state index contributed by atoms with van der Waals surface area (Å²) in [5.41, 5.74) is 2.76. The van der Waals surface area contributed by atoms with E-state index in [1.54, 1.807) is 0 Å². The minimum Gasteiger partial charge on any atom is -0.396 e. The van der Waals surface area contributed by atoms with Crippen LogP contribution in [0.3, 0.4) is 0 Å². The number of imidazole rings is 1. The highest BCUT2D eigenvalue weighted by molar-refractivity contribution is 5.74. The van der Waals surface area contributed by atoms with Crippen LogP contribution >= 0.6 is 0 Å². The van der Waals surface area contributed by atoms with Gasteiger partial charge in [0.05, 0.1) is 11.0 Å². The van der Waals surface area contributed by atoms with Crippen molar-refractivity contribution in [3.63, 3.8) is 0 Å². The standard InChI is InChI=1S/C13H17N3O2/c17-8-13(3-4-13)7-14-6-9-1-2-10-11(5-9)16-12(18)15-10/h1-2,5,14,17H,3-4,6-8H2,(H2,15,16,18). The molecule has 1 saturated carbocycles. The summed E-state index contributed by atoms with van der Waals surface area (Å²) in [4.78, 5) is 16.6. The summed E-state index contributed by atoms with van der Waals surface area (Å²) in [6, 6.07) is 5.87. The Labute approximate surface area is 104 Å². The van der Waals surface area contributed by atoms with Gasteiger partial charge >= 0.3 is 5.69 Å². The summed E-state index contributed by atoms with van der Waals surface area (Å²) in [5, 5.41) is 12.6. The lowest BCUT2D eigenvalue weighted by atomic mass is 10.1. The molecule has 1 aromatic carbocycles. The lowest BCUT2D eigenvalue weighted by molar-refractivity contribution is 0.207. The van der Waals surface area contributed by atoms with Crippen LogP contribution in [0.4, 0.5) is 0 Å². The van der Waals surface area contributed by atoms with Gasteiger partial charge in [0.2, 0.25) is 0 Å². The molecule has 0 atom stereocenters. The second-order valence-corrected chi connectivity index (χ2v) is 5.22. The first kappa shape index (κ1) is 11.5. The largest absolute Gasteiger partial charge is 0.396 e. The van der Waals surface area contributed by atoms with Crippen molar-refractivity contribution in [3.8, 4) is 0 Å². The van der Waals surface area contributed by atoms with E-state index in [-0.39, 0.29) is 17.7 Å². The average Bonchev–Trinajstić information content (AvgIpc) is 3.04. The van der Waals surface area contributed by atoms with Crippen molar-refractivity contribution in [1.82, 2.24) is 15.3 Å². The highest BCUT2D eigenvalue weighted by atomic mass is 16.3. The molecule has 0 bridgehead atoms. The lowest BCUT2D eigenvalue weighted by Crippen LogP contribution is -2.26. The van der Waals surface area contributed by atoms with Crippen molar-refractivity contribution in [2.24, 2.45) is 5.41 Å². The molecule has 1 aromatic heterocycles. The molecule has 0 amide bonds. The van der Waals surface area contributed by atoms with Crippen LogP contribution in [0.25, 0.3) is 11.0 Å². The number of aliphatic hydroxyl groups is 1. The van der Waals surface area contributed by atoms with Crippen LogP contribution in [-0.4, -0.2) is 28.2 Å². The predicted octanol–water partition coefficient (Wildman–Crippen LogP) is 0.718. The van der Waals surface area contributed by atoms with Crippen molar-refractivity contribution >= 4 is 11.0 Å². The molecule has 1 heterocycles. The normalized spacial score (nSPS) is 17.2. The molecule has 0 unspecified atom stereocenters. The van der Waals surface area contributed by atoms with E-state index in [4.69, 9.17) is 0 Å². The number of hydrogen-bond donors (Lipinski definition) is 4. The van der Waals surface area contributed by atoms with Crippen molar-refractivity contribution in [3.05, 3.63) is 34.2 Å². The number of fused-ring (bicyclic) bond motifs is 1. The van der Waals surface area contributed by atoms with Crippen molar-refractivity contribution in [1.29, 1.82) is 0 Å². The first-order valence-corrected chi connectivity index (χ1v) is 6.23. The molecule has 1 fully saturated rings. The Kier molecular flexibility index (Phi) is 2.72. The monoisotopic (exact) mass is 247 g/mol. The van der Waals surface area contributed by atoms with Gasteiger partial charge in [-0.1, -0.05) is 6.07 Å². The molecule has 0 radical (unpaired) electrons. The van der Waals surface area contributed by atoms with Gasteiger partial charge in [0.1, 0.15) is 0 Å². The van der Waals surface area contributed by atoms with Crippen LogP contribution in [0.2, 0.25) is 0 Å². The zero-order valence-corrected chi connectivity index (χ0v) is 10.1. The van der Waals surface area contributed by atoms with Gasteiger partial charge in [0.25, 0.3) is 0 Å². The second-order valence-electron chi connectivity index (χ2n) is 5.22. The van der Waals surface area contributed by atoms with Crippen LogP contribution in [0, 0.1) is 5.41 Å². The Morgan fingerprint density at radius 3 is 2.78 bits per heavy atom. The van der Waals surface area contributed by atoms with Crippen molar-refractivity contribution in [2.45, 2.75) is 19.4 Å². The van der Waals surface area contributed by atoms with Gasteiger partial charge in [-0.25, -0.2) is 4.79 Å². The van der Waals surface area contributed by atoms with Crippen molar-refractivity contribution < 1.29 is 5.11 Å². The minimum absolute atomic E-state index is 0.131. The van der Waals surface area contributed by atoms with E-state index in [2.05, 4.69) is 15.3 Å². The number of H-pyrrole nitrogens is 2. The van der Waals surface area contributed by atoms with Gasteiger partial charge in [0, 0.05) is 25.1 Å². The van der Waals surface area contributed by atoms with Crippen molar-refractivity contribution in [2.75, 3.05) is 13.2 Å². The molecule has 1 aliphatic rings. The van der Waals surface area contributed by atoms with E-state index >= 15 is 0 Å². The molecule has 0 spiro atoms. The molecule has 1 aliphatic carbocycles. The summed E-state index contributed by atoms with van der Waals surface area (Å²) >= 11 is 0. The highest BCUT2D eigenvalue weighted by Gasteiger charge is 2.41. The Morgan fingerprint density at radius 1 is 1.28 bits per heavy atom. The zero-order valence-electron chi connectivity index (χ0n) is 10.1. The maximum atomic E-state index is 11.1. The highest BCUT2D eigenvalue weighted by Crippen LogP contribution is 2.44. The quantitative estimate of drug-likeness (QED) is 0.628. The fourth-order valence-corrected chi connectivity index (χ4v) is 2.23. The van der Waals surface area contributed by atoms with E-state index in [0.29, 0.717) is 0 Å². The summed E-state index contributed by atoms with van der Waals surface area (Å²) in [7, 11) is 0. The smallest absolute Gasteiger partial charge is 0.323 e. The van der Waals surface area contributed by atoms with Crippen LogP contribution in [0.1, 0.15) is 18.4 Å². The molecule has 2 aromatic rings. The Hall–Kier alpha value is -1.59. The maximum Gasteiger partial charge on any atom is 0.323 e. The summed E-state index contributed by atoms with van der Waals surface area (Å²) < 4.78 is 0. The Balaban J connectivity index is 1.65. The molecular weight excluding hydrogens is 230 g/mol. The number of aromatic amines is 2. The lowest BCUT2D eigenvalue weighted by Gasteiger charge is -2.12. The molecule has 96 valence electrons. The number of aliphatic hydroxyl groups excluding tert-OH is 1.